The lowest BCUT2D eigenvalue weighted by atomic mass is 10.2. The summed E-state index contributed by atoms with van der Waals surface area (Å²) in [6.45, 7) is 1.92. The van der Waals surface area contributed by atoms with Gasteiger partial charge in [0.05, 0.1) is 10.6 Å². The van der Waals surface area contributed by atoms with Crippen LogP contribution in [0, 0.1) is 17.0 Å². The number of thiocarbonyl (C=S) groups is 1. The Kier molecular flexibility index (Phi) is 4.09. The number of hydrogen-bond acceptors (Lipinski definition) is 4. The largest absolute Gasteiger partial charge is 0.314 e. The van der Waals surface area contributed by atoms with Crippen LogP contribution >= 0.6 is 12.2 Å². The number of carbonyl (C=O) groups excluding carboxylic acids is 1. The Morgan fingerprint density at radius 3 is 2.58 bits per heavy atom. The summed E-state index contributed by atoms with van der Waals surface area (Å²) in [7, 11) is 0. The Labute approximate surface area is 142 Å². The summed E-state index contributed by atoms with van der Waals surface area (Å²) < 4.78 is 1.91. The van der Waals surface area contributed by atoms with Crippen molar-refractivity contribution in [3.63, 3.8) is 0 Å². The zero-order valence-electron chi connectivity index (χ0n) is 12.7. The zero-order chi connectivity index (χ0) is 17.3. The van der Waals surface area contributed by atoms with E-state index in [1.54, 1.807) is 0 Å². The minimum atomic E-state index is -0.511. The topological polar surface area (TPSA) is 76.6 Å². The quantitative estimate of drug-likeness (QED) is 0.451. The summed E-state index contributed by atoms with van der Waals surface area (Å²) in [6, 6.07) is 13.1. The molecule has 24 heavy (non-hydrogen) atoms. The fourth-order valence-corrected chi connectivity index (χ4v) is 2.87. The number of hydrogen-bond donors (Lipinski definition) is 1. The molecular weight excluding hydrogens is 326 g/mol. The highest BCUT2D eigenvalue weighted by Gasteiger charge is 2.15. The molecule has 0 saturated carbocycles. The van der Waals surface area contributed by atoms with Crippen LogP contribution in [0.3, 0.4) is 0 Å². The number of nitrogens with zero attached hydrogens (tertiary/aromatic N) is 2. The Balaban J connectivity index is 1.84. The number of nitrogens with one attached hydrogen (secondary N) is 1. The van der Waals surface area contributed by atoms with E-state index in [9.17, 15) is 14.9 Å². The van der Waals surface area contributed by atoms with Crippen LogP contribution in [-0.2, 0) is 0 Å². The molecule has 0 aliphatic rings. The van der Waals surface area contributed by atoms with Crippen LogP contribution in [0.4, 0.5) is 5.69 Å². The molecule has 0 aliphatic heterocycles. The van der Waals surface area contributed by atoms with E-state index in [1.165, 1.54) is 24.3 Å². The first-order valence-corrected chi connectivity index (χ1v) is 7.55. The number of aryl methyl sites for hydroxylation is 1. The Hall–Kier alpha value is -3.06. The zero-order valence-corrected chi connectivity index (χ0v) is 13.5. The number of nitro groups is 1. The van der Waals surface area contributed by atoms with Gasteiger partial charge in [0, 0.05) is 29.4 Å². The first-order valence-electron chi connectivity index (χ1n) is 7.14. The minimum Gasteiger partial charge on any atom is -0.314 e. The number of benzene rings is 1. The molecule has 6 nitrogen and oxygen atoms in total. The molecular formula is C17H13N3O3S. The third kappa shape index (κ3) is 2.89. The second-order valence-corrected chi connectivity index (χ2v) is 5.67. The fraction of sp³-hybridized carbons (Fsp3) is 0.0588. The molecule has 3 aromatic rings. The van der Waals surface area contributed by atoms with Gasteiger partial charge in [-0.3, -0.25) is 14.9 Å². The van der Waals surface area contributed by atoms with E-state index in [4.69, 9.17) is 12.2 Å². The van der Waals surface area contributed by atoms with E-state index in [0.717, 1.165) is 16.8 Å². The first kappa shape index (κ1) is 15.8. The summed E-state index contributed by atoms with van der Waals surface area (Å²) >= 11 is 5.37. The molecule has 0 bridgehead atoms. The molecule has 0 radical (unpaired) electrons. The van der Waals surface area contributed by atoms with E-state index in [2.05, 4.69) is 5.32 Å². The smallest absolute Gasteiger partial charge is 0.269 e. The van der Waals surface area contributed by atoms with Gasteiger partial charge in [0.15, 0.2) is 0 Å². The normalized spacial score (nSPS) is 10.5. The molecule has 2 aromatic heterocycles. The summed E-state index contributed by atoms with van der Waals surface area (Å²) in [4.78, 5) is 22.8. The van der Waals surface area contributed by atoms with Crippen molar-refractivity contribution in [3.8, 4) is 0 Å². The molecule has 2 heterocycles. The SMILES string of the molecule is Cc1cc2ccccn2c1C(=S)NC(=O)c1ccc([N+](=O)[O-])cc1. The van der Waals surface area contributed by atoms with Crippen molar-refractivity contribution in [1.82, 2.24) is 9.72 Å². The van der Waals surface area contributed by atoms with Crippen LogP contribution in [0.2, 0.25) is 0 Å². The maximum atomic E-state index is 12.3. The molecule has 1 amide bonds. The van der Waals surface area contributed by atoms with Gasteiger partial charge in [-0.25, -0.2) is 0 Å². The molecule has 0 atom stereocenters. The van der Waals surface area contributed by atoms with Crippen molar-refractivity contribution < 1.29 is 9.72 Å². The Morgan fingerprint density at radius 2 is 1.92 bits per heavy atom. The Morgan fingerprint density at radius 1 is 1.21 bits per heavy atom. The van der Waals surface area contributed by atoms with Crippen LogP contribution < -0.4 is 5.32 Å². The monoisotopic (exact) mass is 339 g/mol. The van der Waals surface area contributed by atoms with E-state index >= 15 is 0 Å². The van der Waals surface area contributed by atoms with Gasteiger partial charge in [-0.2, -0.15) is 0 Å². The highest BCUT2D eigenvalue weighted by Crippen LogP contribution is 2.17. The van der Waals surface area contributed by atoms with E-state index in [-0.39, 0.29) is 5.69 Å². The van der Waals surface area contributed by atoms with Gasteiger partial charge in [0.1, 0.15) is 4.99 Å². The summed E-state index contributed by atoms with van der Waals surface area (Å²) in [6.07, 6.45) is 1.88. The number of nitro benzene ring substituents is 1. The Bertz CT molecular complexity index is 961. The average Bonchev–Trinajstić information content (AvgIpc) is 2.90. The molecule has 1 aromatic carbocycles. The second kappa shape index (κ2) is 6.21. The van der Waals surface area contributed by atoms with Gasteiger partial charge in [0.2, 0.25) is 0 Å². The third-order valence-corrected chi connectivity index (χ3v) is 3.95. The highest BCUT2D eigenvalue weighted by atomic mass is 32.1. The fourth-order valence-electron chi connectivity index (χ4n) is 2.52. The van der Waals surface area contributed by atoms with Gasteiger partial charge >= 0.3 is 0 Å². The molecule has 7 heteroatoms. The van der Waals surface area contributed by atoms with Gasteiger partial charge in [-0.05, 0) is 42.8 Å². The summed E-state index contributed by atoms with van der Waals surface area (Å²) in [5, 5.41) is 13.3. The van der Waals surface area contributed by atoms with E-state index in [1.807, 2.05) is 41.8 Å². The predicted molar refractivity (Wildman–Crippen MR) is 94.4 cm³/mol. The molecule has 0 unspecified atom stereocenters. The lowest BCUT2D eigenvalue weighted by Crippen LogP contribution is -2.30. The highest BCUT2D eigenvalue weighted by molar-refractivity contribution is 7.80. The van der Waals surface area contributed by atoms with Gasteiger partial charge < -0.3 is 9.72 Å². The van der Waals surface area contributed by atoms with Crippen LogP contribution in [0.5, 0.6) is 0 Å². The van der Waals surface area contributed by atoms with Crippen LogP contribution in [0.15, 0.2) is 54.7 Å². The molecule has 0 fully saturated rings. The van der Waals surface area contributed by atoms with Gasteiger partial charge in [0.25, 0.3) is 11.6 Å². The molecule has 0 saturated heterocycles. The number of rotatable bonds is 3. The van der Waals surface area contributed by atoms with Crippen molar-refractivity contribution in [2.75, 3.05) is 0 Å². The van der Waals surface area contributed by atoms with Crippen molar-refractivity contribution in [3.05, 3.63) is 81.7 Å². The standard InChI is InChI=1S/C17H13N3O3S/c1-11-10-14-4-2-3-9-19(14)15(11)17(24)18-16(21)12-5-7-13(8-6-12)20(22)23/h2-10H,1H3,(H,18,21,24). The predicted octanol–water partition coefficient (Wildman–Crippen LogP) is 3.26. The second-order valence-electron chi connectivity index (χ2n) is 5.26. The lowest BCUT2D eigenvalue weighted by Gasteiger charge is -2.09. The summed E-state index contributed by atoms with van der Waals surface area (Å²) in [5.41, 5.74) is 2.92. The van der Waals surface area contributed by atoms with E-state index < -0.39 is 10.8 Å². The van der Waals surface area contributed by atoms with Crippen molar-refractivity contribution >= 4 is 34.3 Å². The molecule has 1 N–H and O–H groups in total. The summed E-state index contributed by atoms with van der Waals surface area (Å²) in [5.74, 6) is -0.403. The van der Waals surface area contributed by atoms with Crippen LogP contribution in [0.1, 0.15) is 21.6 Å². The maximum Gasteiger partial charge on any atom is 0.269 e. The average molecular weight is 339 g/mol. The number of pyridine rings is 1. The number of amides is 1. The van der Waals surface area contributed by atoms with Crippen molar-refractivity contribution in [2.45, 2.75) is 6.92 Å². The number of fused-ring (bicyclic) bond motifs is 1. The molecule has 3 rings (SSSR count). The van der Waals surface area contributed by atoms with Gasteiger partial charge in [-0.15, -0.1) is 0 Å². The number of aromatic nitrogens is 1. The molecule has 0 aliphatic carbocycles. The molecule has 0 spiro atoms. The van der Waals surface area contributed by atoms with Crippen molar-refractivity contribution in [1.29, 1.82) is 0 Å². The number of carbonyl (C=O) groups is 1. The first-order chi connectivity index (χ1) is 11.5. The lowest BCUT2D eigenvalue weighted by molar-refractivity contribution is -0.384. The number of non-ortho nitro benzene ring substituents is 1. The minimum absolute atomic E-state index is 0.0671. The van der Waals surface area contributed by atoms with Crippen LogP contribution in [-0.4, -0.2) is 20.2 Å². The van der Waals surface area contributed by atoms with Crippen LogP contribution in [0.25, 0.3) is 5.52 Å². The maximum absolute atomic E-state index is 12.3. The van der Waals surface area contributed by atoms with Crippen molar-refractivity contribution in [2.24, 2.45) is 0 Å². The third-order valence-electron chi connectivity index (χ3n) is 3.65. The van der Waals surface area contributed by atoms with Gasteiger partial charge in [-0.1, -0.05) is 18.3 Å². The molecule has 120 valence electrons. The van der Waals surface area contributed by atoms with E-state index in [0.29, 0.717) is 10.6 Å².